The SMILES string of the molecule is COc1cccc2c(N(C)Cc3csc(C)n3)c(C)cnc12. The number of benzene rings is 1. The average molecular weight is 313 g/mol. The number of pyridine rings is 1. The minimum Gasteiger partial charge on any atom is -0.494 e. The number of methoxy groups -OCH3 is 1. The zero-order valence-corrected chi connectivity index (χ0v) is 14.1. The van der Waals surface area contributed by atoms with Crippen molar-refractivity contribution in [3.05, 3.63) is 46.0 Å². The van der Waals surface area contributed by atoms with Gasteiger partial charge in [-0.25, -0.2) is 4.98 Å². The van der Waals surface area contributed by atoms with Crippen LogP contribution in [0.25, 0.3) is 10.9 Å². The molecule has 1 aromatic carbocycles. The Morgan fingerprint density at radius 2 is 2.09 bits per heavy atom. The topological polar surface area (TPSA) is 38.2 Å². The van der Waals surface area contributed by atoms with Crippen molar-refractivity contribution >= 4 is 27.9 Å². The first kappa shape index (κ1) is 14.8. The summed E-state index contributed by atoms with van der Waals surface area (Å²) in [5, 5.41) is 4.32. The van der Waals surface area contributed by atoms with Gasteiger partial charge >= 0.3 is 0 Å². The Balaban J connectivity index is 2.07. The molecule has 0 radical (unpaired) electrons. The van der Waals surface area contributed by atoms with Gasteiger partial charge in [0.2, 0.25) is 0 Å². The monoisotopic (exact) mass is 313 g/mol. The summed E-state index contributed by atoms with van der Waals surface area (Å²) in [4.78, 5) is 11.3. The molecule has 0 bridgehead atoms. The molecule has 0 aliphatic heterocycles. The Hall–Kier alpha value is -2.14. The molecule has 114 valence electrons. The second kappa shape index (κ2) is 5.93. The largest absolute Gasteiger partial charge is 0.494 e. The van der Waals surface area contributed by atoms with Crippen molar-refractivity contribution in [2.24, 2.45) is 0 Å². The van der Waals surface area contributed by atoms with Crippen LogP contribution in [0.4, 0.5) is 5.69 Å². The molecule has 2 heterocycles. The van der Waals surface area contributed by atoms with Crippen LogP contribution in [0.5, 0.6) is 5.75 Å². The molecule has 0 saturated heterocycles. The maximum atomic E-state index is 5.43. The molecule has 5 heteroatoms. The van der Waals surface area contributed by atoms with Crippen LogP contribution < -0.4 is 9.64 Å². The van der Waals surface area contributed by atoms with Gasteiger partial charge in [0.05, 0.1) is 30.0 Å². The molecule has 0 amide bonds. The molecular formula is C17H19N3OS. The van der Waals surface area contributed by atoms with Crippen molar-refractivity contribution in [1.82, 2.24) is 9.97 Å². The van der Waals surface area contributed by atoms with Crippen LogP contribution in [0.3, 0.4) is 0 Å². The van der Waals surface area contributed by atoms with Gasteiger partial charge in [-0.05, 0) is 25.5 Å². The molecule has 0 N–H and O–H groups in total. The standard InChI is InChI=1S/C17H19N3OS/c1-11-8-18-16-14(6-5-7-15(16)21-4)17(11)20(3)9-13-10-22-12(2)19-13/h5-8,10H,9H2,1-4H3. The number of hydrogen-bond acceptors (Lipinski definition) is 5. The summed E-state index contributed by atoms with van der Waals surface area (Å²) in [5.41, 5.74) is 4.31. The maximum absolute atomic E-state index is 5.43. The summed E-state index contributed by atoms with van der Waals surface area (Å²) < 4.78 is 5.43. The fraction of sp³-hybridized carbons (Fsp3) is 0.294. The normalized spacial score (nSPS) is 10.9. The van der Waals surface area contributed by atoms with Crippen molar-refractivity contribution in [3.8, 4) is 5.75 Å². The van der Waals surface area contributed by atoms with Gasteiger partial charge in [0.15, 0.2) is 0 Å². The maximum Gasteiger partial charge on any atom is 0.145 e. The minimum atomic E-state index is 0.779. The highest BCUT2D eigenvalue weighted by atomic mass is 32.1. The lowest BCUT2D eigenvalue weighted by Gasteiger charge is -2.22. The fourth-order valence-corrected chi connectivity index (χ4v) is 3.36. The van der Waals surface area contributed by atoms with Crippen LogP contribution in [-0.2, 0) is 6.54 Å². The van der Waals surface area contributed by atoms with Crippen molar-refractivity contribution in [2.45, 2.75) is 20.4 Å². The summed E-state index contributed by atoms with van der Waals surface area (Å²) in [6.45, 7) is 4.90. The lowest BCUT2D eigenvalue weighted by molar-refractivity contribution is 0.419. The molecule has 0 aliphatic rings. The summed E-state index contributed by atoms with van der Waals surface area (Å²) >= 11 is 1.69. The highest BCUT2D eigenvalue weighted by molar-refractivity contribution is 7.09. The van der Waals surface area contributed by atoms with E-state index in [1.54, 1.807) is 18.4 Å². The van der Waals surface area contributed by atoms with E-state index in [0.29, 0.717) is 0 Å². The number of aryl methyl sites for hydroxylation is 2. The fourth-order valence-electron chi connectivity index (χ4n) is 2.76. The molecule has 3 rings (SSSR count). The smallest absolute Gasteiger partial charge is 0.145 e. The highest BCUT2D eigenvalue weighted by Crippen LogP contribution is 2.33. The van der Waals surface area contributed by atoms with Gasteiger partial charge < -0.3 is 9.64 Å². The van der Waals surface area contributed by atoms with E-state index in [4.69, 9.17) is 4.74 Å². The van der Waals surface area contributed by atoms with Crippen molar-refractivity contribution in [3.63, 3.8) is 0 Å². The Morgan fingerprint density at radius 3 is 2.77 bits per heavy atom. The van der Waals surface area contributed by atoms with Crippen molar-refractivity contribution in [2.75, 3.05) is 19.1 Å². The third kappa shape index (κ3) is 2.64. The van der Waals surface area contributed by atoms with Gasteiger partial charge in [0.25, 0.3) is 0 Å². The number of nitrogens with zero attached hydrogens (tertiary/aromatic N) is 3. The average Bonchev–Trinajstić information content (AvgIpc) is 2.91. The first-order valence-electron chi connectivity index (χ1n) is 7.14. The van der Waals surface area contributed by atoms with Crippen LogP contribution in [0.1, 0.15) is 16.3 Å². The Labute approximate surface area is 134 Å². The first-order chi connectivity index (χ1) is 10.6. The Morgan fingerprint density at radius 1 is 1.27 bits per heavy atom. The van der Waals surface area contributed by atoms with Gasteiger partial charge in [-0.15, -0.1) is 11.3 Å². The molecule has 3 aromatic rings. The second-order valence-corrected chi connectivity index (χ2v) is 6.42. The molecular weight excluding hydrogens is 294 g/mol. The predicted octanol–water partition coefficient (Wildman–Crippen LogP) is 3.95. The lowest BCUT2D eigenvalue weighted by atomic mass is 10.1. The van der Waals surface area contributed by atoms with Gasteiger partial charge in [-0.2, -0.15) is 0 Å². The molecule has 0 aliphatic carbocycles. The summed E-state index contributed by atoms with van der Waals surface area (Å²) in [5.74, 6) is 0.802. The van der Waals surface area contributed by atoms with Gasteiger partial charge in [0, 0.05) is 24.0 Å². The number of hydrogen-bond donors (Lipinski definition) is 0. The van der Waals surface area contributed by atoms with E-state index in [0.717, 1.165) is 39.5 Å². The van der Waals surface area contributed by atoms with Crippen LogP contribution >= 0.6 is 11.3 Å². The van der Waals surface area contributed by atoms with Crippen LogP contribution in [0.15, 0.2) is 29.8 Å². The zero-order valence-electron chi connectivity index (χ0n) is 13.3. The first-order valence-corrected chi connectivity index (χ1v) is 8.02. The van der Waals surface area contributed by atoms with Crippen LogP contribution in [0.2, 0.25) is 0 Å². The molecule has 22 heavy (non-hydrogen) atoms. The third-order valence-electron chi connectivity index (χ3n) is 3.68. The third-order valence-corrected chi connectivity index (χ3v) is 4.50. The van der Waals surface area contributed by atoms with Crippen LogP contribution in [-0.4, -0.2) is 24.1 Å². The molecule has 0 fully saturated rings. The second-order valence-electron chi connectivity index (χ2n) is 5.36. The zero-order chi connectivity index (χ0) is 15.7. The number of thiazole rings is 1. The predicted molar refractivity (Wildman–Crippen MR) is 92.0 cm³/mol. The Kier molecular flexibility index (Phi) is 3.98. The number of aromatic nitrogens is 2. The van der Waals surface area contributed by atoms with Gasteiger partial charge in [-0.3, -0.25) is 4.98 Å². The van der Waals surface area contributed by atoms with E-state index in [2.05, 4.69) is 40.3 Å². The molecule has 4 nitrogen and oxygen atoms in total. The summed E-state index contributed by atoms with van der Waals surface area (Å²) in [6, 6.07) is 6.04. The van der Waals surface area contributed by atoms with E-state index in [-0.39, 0.29) is 0 Å². The van der Waals surface area contributed by atoms with E-state index in [1.165, 1.54) is 5.69 Å². The molecule has 0 saturated carbocycles. The molecule has 2 aromatic heterocycles. The van der Waals surface area contributed by atoms with Gasteiger partial charge in [0.1, 0.15) is 11.3 Å². The number of anilines is 1. The van der Waals surface area contributed by atoms with Crippen LogP contribution in [0, 0.1) is 13.8 Å². The van der Waals surface area contributed by atoms with E-state index in [9.17, 15) is 0 Å². The minimum absolute atomic E-state index is 0.779. The van der Waals surface area contributed by atoms with E-state index in [1.807, 2.05) is 25.3 Å². The van der Waals surface area contributed by atoms with Gasteiger partial charge in [-0.1, -0.05) is 12.1 Å². The molecule has 0 spiro atoms. The number of fused-ring (bicyclic) bond motifs is 1. The van der Waals surface area contributed by atoms with E-state index >= 15 is 0 Å². The number of rotatable bonds is 4. The Bertz CT molecular complexity index is 813. The van der Waals surface area contributed by atoms with Crippen molar-refractivity contribution < 1.29 is 4.74 Å². The number of para-hydroxylation sites is 1. The summed E-state index contributed by atoms with van der Waals surface area (Å²) in [6.07, 6.45) is 1.91. The lowest BCUT2D eigenvalue weighted by Crippen LogP contribution is -2.18. The molecule has 0 unspecified atom stereocenters. The summed E-state index contributed by atoms with van der Waals surface area (Å²) in [7, 11) is 3.77. The highest BCUT2D eigenvalue weighted by Gasteiger charge is 2.14. The van der Waals surface area contributed by atoms with E-state index < -0.39 is 0 Å². The molecule has 0 atom stereocenters. The number of ether oxygens (including phenoxy) is 1. The quantitative estimate of drug-likeness (QED) is 0.731. The van der Waals surface area contributed by atoms with Crippen molar-refractivity contribution in [1.29, 1.82) is 0 Å².